The number of aliphatic hydroxyl groups is 1. The van der Waals surface area contributed by atoms with Gasteiger partial charge < -0.3 is 25.6 Å². The molecule has 5 N–H and O–H groups in total. The molecule has 3 aromatic rings. The van der Waals surface area contributed by atoms with Crippen molar-refractivity contribution in [3.05, 3.63) is 59.7 Å². The second kappa shape index (κ2) is 13.8. The summed E-state index contributed by atoms with van der Waals surface area (Å²) in [6.45, 7) is 8.31. The molecule has 3 rings (SSSR count). The third kappa shape index (κ3) is 8.30. The van der Waals surface area contributed by atoms with Crippen LogP contribution in [0.2, 0.25) is 0 Å². The van der Waals surface area contributed by atoms with Gasteiger partial charge in [0.2, 0.25) is 10.0 Å². The number of carboxylic acid groups (broad SMARTS) is 1. The number of benzene rings is 2. The molecule has 2 aromatic carbocycles. The fourth-order valence-corrected chi connectivity index (χ4v) is 6.08. The lowest BCUT2D eigenvalue weighted by Crippen LogP contribution is -2.50. The Morgan fingerprint density at radius 1 is 1.07 bits per heavy atom. The van der Waals surface area contributed by atoms with Crippen molar-refractivity contribution in [1.29, 1.82) is 0 Å². The van der Waals surface area contributed by atoms with Crippen molar-refractivity contribution in [3.63, 3.8) is 0 Å². The van der Waals surface area contributed by atoms with Crippen LogP contribution in [0, 0.1) is 11.8 Å². The maximum atomic E-state index is 13.9. The minimum absolute atomic E-state index is 0.00511. The van der Waals surface area contributed by atoms with Crippen LogP contribution in [0.1, 0.15) is 45.2 Å². The summed E-state index contributed by atoms with van der Waals surface area (Å²) in [4.78, 5) is 18.7. The molecule has 2 unspecified atom stereocenters. The normalized spacial score (nSPS) is 14.0. The first kappa shape index (κ1) is 31.1. The summed E-state index contributed by atoms with van der Waals surface area (Å²) < 4.78 is 28.9. The molecule has 0 saturated heterocycles. The zero-order chi connectivity index (χ0) is 29.4. The molecule has 11 heteroatoms. The minimum Gasteiger partial charge on any atom is -0.494 e. The van der Waals surface area contributed by atoms with Crippen molar-refractivity contribution in [1.82, 2.24) is 14.6 Å². The van der Waals surface area contributed by atoms with Crippen LogP contribution in [0.15, 0.2) is 58.4 Å². The summed E-state index contributed by atoms with van der Waals surface area (Å²) in [5, 5.41) is 33.8. The Hall–Kier alpha value is -3.41. The molecule has 0 aliphatic carbocycles. The zero-order valence-corrected chi connectivity index (χ0v) is 24.2. The SMILES string of the molecule is CC(C)CCN=Cc1c(O)[nH]c2ccc(S(=O)(=O)N(CC(C)C)CC(O)C(Cc3ccccc3)NC(=O)O)cc12. The van der Waals surface area contributed by atoms with E-state index < -0.39 is 28.3 Å². The number of amides is 1. The number of H-pyrrole nitrogens is 1. The first-order valence-corrected chi connectivity index (χ1v) is 14.9. The number of nitrogens with zero attached hydrogens (tertiary/aromatic N) is 2. The number of aromatic nitrogens is 1. The largest absolute Gasteiger partial charge is 0.494 e. The standard InChI is InChI=1S/C29H40N4O6S/c1-19(2)12-13-30-16-24-23-15-22(10-11-25(23)31-28(24)35)40(38,39)33(17-20(3)4)18-27(34)26(32-29(36)37)14-21-8-6-5-7-9-21/h5-11,15-16,19-20,26-27,31-32,34-35H,12-14,17-18H2,1-4H3,(H,36,37). The molecule has 0 aliphatic rings. The zero-order valence-electron chi connectivity index (χ0n) is 23.4. The summed E-state index contributed by atoms with van der Waals surface area (Å²) in [5.41, 5.74) is 1.77. The van der Waals surface area contributed by atoms with Crippen LogP contribution < -0.4 is 5.32 Å². The quantitative estimate of drug-likeness (QED) is 0.182. The number of aromatic hydroxyl groups is 1. The first-order valence-electron chi connectivity index (χ1n) is 13.4. The van der Waals surface area contributed by atoms with Gasteiger partial charge in [0.25, 0.3) is 0 Å². The Labute approximate surface area is 235 Å². The Bertz CT molecular complexity index is 1400. The number of nitrogens with one attached hydrogen (secondary N) is 2. The lowest BCUT2D eigenvalue weighted by Gasteiger charge is -2.30. The second-order valence-corrected chi connectivity index (χ2v) is 12.8. The average molecular weight is 573 g/mol. The number of sulfonamides is 1. The van der Waals surface area contributed by atoms with E-state index >= 15 is 0 Å². The van der Waals surface area contributed by atoms with E-state index in [0.29, 0.717) is 28.9 Å². The van der Waals surface area contributed by atoms with Crippen LogP contribution in [-0.2, 0) is 16.4 Å². The van der Waals surface area contributed by atoms with E-state index in [1.165, 1.54) is 16.4 Å². The van der Waals surface area contributed by atoms with Crippen molar-refractivity contribution >= 4 is 33.2 Å². The van der Waals surface area contributed by atoms with Gasteiger partial charge in [-0.05, 0) is 48.4 Å². The molecule has 218 valence electrons. The van der Waals surface area contributed by atoms with Gasteiger partial charge in [-0.2, -0.15) is 4.31 Å². The molecular formula is C29H40N4O6S. The van der Waals surface area contributed by atoms with Gasteiger partial charge >= 0.3 is 6.09 Å². The number of rotatable bonds is 14. The molecule has 0 aliphatic heterocycles. The maximum Gasteiger partial charge on any atom is 0.404 e. The van der Waals surface area contributed by atoms with Gasteiger partial charge in [0.1, 0.15) is 0 Å². The third-order valence-electron chi connectivity index (χ3n) is 6.51. The van der Waals surface area contributed by atoms with Gasteiger partial charge in [0, 0.05) is 36.8 Å². The average Bonchev–Trinajstić information content (AvgIpc) is 3.19. The molecule has 40 heavy (non-hydrogen) atoms. The van der Waals surface area contributed by atoms with Gasteiger partial charge in [0.15, 0.2) is 5.88 Å². The summed E-state index contributed by atoms with van der Waals surface area (Å²) in [6, 6.07) is 12.7. The van der Waals surface area contributed by atoms with Crippen LogP contribution in [-0.4, -0.2) is 77.1 Å². The van der Waals surface area contributed by atoms with Crippen LogP contribution >= 0.6 is 0 Å². The smallest absolute Gasteiger partial charge is 0.404 e. The molecule has 2 atom stereocenters. The van der Waals surface area contributed by atoms with Gasteiger partial charge in [-0.15, -0.1) is 0 Å². The van der Waals surface area contributed by atoms with Crippen molar-refractivity contribution in [2.45, 2.75) is 57.6 Å². The number of hydrogen-bond donors (Lipinski definition) is 5. The van der Waals surface area contributed by atoms with Crippen molar-refractivity contribution < 1.29 is 28.5 Å². The fourth-order valence-electron chi connectivity index (χ4n) is 4.43. The minimum atomic E-state index is -4.10. The summed E-state index contributed by atoms with van der Waals surface area (Å²) in [6.07, 6.45) is 0.00658. The molecule has 0 saturated carbocycles. The van der Waals surface area contributed by atoms with Crippen molar-refractivity contribution in [2.75, 3.05) is 19.6 Å². The molecule has 1 aromatic heterocycles. The summed E-state index contributed by atoms with van der Waals surface area (Å²) >= 11 is 0. The lowest BCUT2D eigenvalue weighted by molar-refractivity contribution is 0.0980. The number of fused-ring (bicyclic) bond motifs is 1. The van der Waals surface area contributed by atoms with Gasteiger partial charge in [-0.3, -0.25) is 4.99 Å². The Morgan fingerprint density at radius 2 is 1.77 bits per heavy atom. The van der Waals surface area contributed by atoms with Crippen LogP contribution in [0.3, 0.4) is 0 Å². The molecular weight excluding hydrogens is 532 g/mol. The van der Waals surface area contributed by atoms with E-state index in [1.807, 2.05) is 44.2 Å². The van der Waals surface area contributed by atoms with Gasteiger partial charge in [0.05, 0.1) is 22.6 Å². The number of aromatic amines is 1. The van der Waals surface area contributed by atoms with E-state index in [0.717, 1.165) is 12.0 Å². The summed E-state index contributed by atoms with van der Waals surface area (Å²) in [7, 11) is -4.10. The van der Waals surface area contributed by atoms with Crippen molar-refractivity contribution in [2.24, 2.45) is 16.8 Å². The fraction of sp³-hybridized carbons (Fsp3) is 0.448. The molecule has 0 spiro atoms. The number of carbonyl (C=O) groups is 1. The van der Waals surface area contributed by atoms with E-state index in [1.54, 1.807) is 12.3 Å². The first-order chi connectivity index (χ1) is 18.9. The molecule has 1 amide bonds. The van der Waals surface area contributed by atoms with Gasteiger partial charge in [-0.1, -0.05) is 58.0 Å². The highest BCUT2D eigenvalue weighted by Crippen LogP contribution is 2.29. The predicted octanol–water partition coefficient (Wildman–Crippen LogP) is 4.23. The highest BCUT2D eigenvalue weighted by molar-refractivity contribution is 7.89. The monoisotopic (exact) mass is 572 g/mol. The van der Waals surface area contributed by atoms with E-state index in [4.69, 9.17) is 0 Å². The highest BCUT2D eigenvalue weighted by Gasteiger charge is 2.31. The van der Waals surface area contributed by atoms with Crippen LogP contribution in [0.25, 0.3) is 10.9 Å². The molecule has 0 radical (unpaired) electrons. The number of hydrogen-bond acceptors (Lipinski definition) is 6. The Morgan fingerprint density at radius 3 is 2.40 bits per heavy atom. The Kier molecular flexibility index (Phi) is 10.7. The van der Waals surface area contributed by atoms with E-state index in [-0.39, 0.29) is 36.2 Å². The highest BCUT2D eigenvalue weighted by atomic mass is 32.2. The molecule has 0 fully saturated rings. The predicted molar refractivity (Wildman–Crippen MR) is 157 cm³/mol. The van der Waals surface area contributed by atoms with Gasteiger partial charge in [-0.25, -0.2) is 13.2 Å². The number of aliphatic hydroxyl groups excluding tert-OH is 1. The molecule has 1 heterocycles. The third-order valence-corrected chi connectivity index (χ3v) is 8.34. The molecule has 0 bridgehead atoms. The topological polar surface area (TPSA) is 155 Å². The van der Waals surface area contributed by atoms with Crippen LogP contribution in [0.4, 0.5) is 4.79 Å². The molecule has 10 nitrogen and oxygen atoms in total. The number of aliphatic imine (C=N–C) groups is 1. The second-order valence-electron chi connectivity index (χ2n) is 10.8. The van der Waals surface area contributed by atoms with Crippen LogP contribution in [0.5, 0.6) is 5.88 Å². The van der Waals surface area contributed by atoms with E-state index in [9.17, 15) is 28.5 Å². The van der Waals surface area contributed by atoms with Crippen molar-refractivity contribution in [3.8, 4) is 5.88 Å². The lowest BCUT2D eigenvalue weighted by atomic mass is 10.0. The van der Waals surface area contributed by atoms with E-state index in [2.05, 4.69) is 29.1 Å². The maximum absolute atomic E-state index is 13.9. The Balaban J connectivity index is 1.92. The summed E-state index contributed by atoms with van der Waals surface area (Å²) in [5.74, 6) is 0.312.